The molecule has 0 fully saturated rings. The Morgan fingerprint density at radius 2 is 2.06 bits per heavy atom. The van der Waals surface area contributed by atoms with Crippen molar-refractivity contribution >= 4 is 5.97 Å². The van der Waals surface area contributed by atoms with Crippen molar-refractivity contribution < 1.29 is 9.53 Å². The molecule has 1 heterocycles. The van der Waals surface area contributed by atoms with E-state index in [2.05, 4.69) is 9.55 Å². The molecular weight excluding hydrogens is 216 g/mol. The van der Waals surface area contributed by atoms with Gasteiger partial charge >= 0.3 is 5.97 Å². The Morgan fingerprint density at radius 3 is 2.71 bits per heavy atom. The zero-order valence-corrected chi connectivity index (χ0v) is 10.8. The summed E-state index contributed by atoms with van der Waals surface area (Å²) in [5.41, 5.74) is 0. The van der Waals surface area contributed by atoms with Crippen LogP contribution in [-0.2, 0) is 16.1 Å². The molecule has 0 saturated heterocycles. The first-order valence-electron chi connectivity index (χ1n) is 6.33. The number of carbonyl (C=O) groups excluding carboxylic acids is 1. The molecule has 0 atom stereocenters. The summed E-state index contributed by atoms with van der Waals surface area (Å²) in [6, 6.07) is 0. The van der Waals surface area contributed by atoms with Gasteiger partial charge in [0.2, 0.25) is 0 Å². The van der Waals surface area contributed by atoms with Gasteiger partial charge in [-0.05, 0) is 26.7 Å². The van der Waals surface area contributed by atoms with E-state index in [1.165, 1.54) is 0 Å². The maximum Gasteiger partial charge on any atom is 0.306 e. The summed E-state index contributed by atoms with van der Waals surface area (Å²) >= 11 is 0. The van der Waals surface area contributed by atoms with Crippen LogP contribution < -0.4 is 0 Å². The summed E-state index contributed by atoms with van der Waals surface area (Å²) in [6.45, 7) is 4.77. The van der Waals surface area contributed by atoms with Crippen molar-refractivity contribution in [3.8, 4) is 0 Å². The molecular formula is C13H22N2O2. The number of carbonyl (C=O) groups is 1. The second-order valence-corrected chi connectivity index (χ2v) is 4.50. The number of aryl methyl sites for hydroxylation is 1. The minimum atomic E-state index is -0.0744. The second kappa shape index (κ2) is 7.87. The summed E-state index contributed by atoms with van der Waals surface area (Å²) in [4.78, 5) is 15.2. The maximum absolute atomic E-state index is 11.2. The van der Waals surface area contributed by atoms with Crippen LogP contribution in [0.25, 0.3) is 0 Å². The quantitative estimate of drug-likeness (QED) is 0.516. The fraction of sp³-hybridized carbons (Fsp3) is 0.692. The van der Waals surface area contributed by atoms with Crippen LogP contribution >= 0.6 is 0 Å². The number of unbranched alkanes of at least 4 members (excludes halogenated alkanes) is 3. The Morgan fingerprint density at radius 1 is 1.29 bits per heavy atom. The van der Waals surface area contributed by atoms with Crippen molar-refractivity contribution in [2.45, 2.75) is 58.6 Å². The molecule has 0 saturated carbocycles. The number of esters is 1. The predicted octanol–water partition coefficient (Wildman–Crippen LogP) is 2.79. The van der Waals surface area contributed by atoms with E-state index >= 15 is 0 Å². The zero-order valence-electron chi connectivity index (χ0n) is 10.8. The lowest BCUT2D eigenvalue weighted by Crippen LogP contribution is -2.10. The highest BCUT2D eigenvalue weighted by Crippen LogP contribution is 2.06. The number of hydrogen-bond donors (Lipinski definition) is 0. The average molecular weight is 238 g/mol. The molecule has 0 aliphatic rings. The second-order valence-electron chi connectivity index (χ2n) is 4.50. The SMILES string of the molecule is CC(C)OC(=O)CCCCCCn1ccnc1. The highest BCUT2D eigenvalue weighted by Gasteiger charge is 2.04. The summed E-state index contributed by atoms with van der Waals surface area (Å²) in [6.07, 6.45) is 10.4. The lowest BCUT2D eigenvalue weighted by Gasteiger charge is -2.07. The van der Waals surface area contributed by atoms with Crippen LogP contribution in [-0.4, -0.2) is 21.6 Å². The summed E-state index contributed by atoms with van der Waals surface area (Å²) in [5.74, 6) is -0.0744. The molecule has 0 N–H and O–H groups in total. The number of imidazole rings is 1. The number of hydrogen-bond acceptors (Lipinski definition) is 3. The molecule has 4 heteroatoms. The molecule has 4 nitrogen and oxygen atoms in total. The van der Waals surface area contributed by atoms with Gasteiger partial charge in [0.1, 0.15) is 0 Å². The van der Waals surface area contributed by atoms with Gasteiger partial charge in [-0.25, -0.2) is 4.98 Å². The normalized spacial score (nSPS) is 10.8. The van der Waals surface area contributed by atoms with Crippen LogP contribution in [0.5, 0.6) is 0 Å². The third kappa shape index (κ3) is 6.76. The van der Waals surface area contributed by atoms with Crippen LogP contribution in [0.1, 0.15) is 46.0 Å². The van der Waals surface area contributed by atoms with Crippen molar-refractivity contribution in [1.29, 1.82) is 0 Å². The molecule has 1 aromatic rings. The minimum absolute atomic E-state index is 0.00346. The van der Waals surface area contributed by atoms with E-state index in [-0.39, 0.29) is 12.1 Å². The van der Waals surface area contributed by atoms with E-state index in [0.717, 1.165) is 32.2 Å². The molecule has 0 spiro atoms. The Kier molecular flexibility index (Phi) is 6.37. The zero-order chi connectivity index (χ0) is 12.5. The molecule has 0 aromatic carbocycles. The Hall–Kier alpha value is -1.32. The number of rotatable bonds is 8. The Bertz CT molecular complexity index is 307. The van der Waals surface area contributed by atoms with Crippen molar-refractivity contribution in [3.63, 3.8) is 0 Å². The fourth-order valence-electron chi connectivity index (χ4n) is 1.66. The molecule has 0 unspecified atom stereocenters. The molecule has 96 valence electrons. The number of ether oxygens (including phenoxy) is 1. The number of aromatic nitrogens is 2. The topological polar surface area (TPSA) is 44.1 Å². The third-order valence-electron chi connectivity index (χ3n) is 2.47. The van der Waals surface area contributed by atoms with Gasteiger partial charge in [-0.15, -0.1) is 0 Å². The standard InChI is InChI=1S/C13H22N2O2/c1-12(2)17-13(16)7-5-3-4-6-9-15-10-8-14-11-15/h8,10-12H,3-7,9H2,1-2H3. The first-order chi connectivity index (χ1) is 8.18. The van der Waals surface area contributed by atoms with Gasteiger partial charge in [0, 0.05) is 25.4 Å². The summed E-state index contributed by atoms with van der Waals surface area (Å²) in [5, 5.41) is 0. The van der Waals surface area contributed by atoms with Gasteiger partial charge < -0.3 is 9.30 Å². The van der Waals surface area contributed by atoms with Crippen LogP contribution in [0.3, 0.4) is 0 Å². The molecule has 0 amide bonds. The highest BCUT2D eigenvalue weighted by atomic mass is 16.5. The van der Waals surface area contributed by atoms with Gasteiger partial charge in [0.25, 0.3) is 0 Å². The molecule has 0 aliphatic heterocycles. The fourth-order valence-corrected chi connectivity index (χ4v) is 1.66. The summed E-state index contributed by atoms with van der Waals surface area (Å²) < 4.78 is 7.14. The molecule has 0 bridgehead atoms. The first kappa shape index (κ1) is 13.7. The van der Waals surface area contributed by atoms with Gasteiger partial charge in [-0.1, -0.05) is 12.8 Å². The number of nitrogens with zero attached hydrogens (tertiary/aromatic N) is 2. The average Bonchev–Trinajstić information content (AvgIpc) is 2.75. The monoisotopic (exact) mass is 238 g/mol. The van der Waals surface area contributed by atoms with Crippen molar-refractivity contribution in [2.75, 3.05) is 0 Å². The van der Waals surface area contributed by atoms with Gasteiger partial charge in [0.05, 0.1) is 12.4 Å². The maximum atomic E-state index is 11.2. The van der Waals surface area contributed by atoms with E-state index in [9.17, 15) is 4.79 Å². The Labute approximate surface area is 103 Å². The van der Waals surface area contributed by atoms with Crippen LogP contribution in [0.15, 0.2) is 18.7 Å². The van der Waals surface area contributed by atoms with E-state index < -0.39 is 0 Å². The Balaban J connectivity index is 1.92. The molecule has 1 aromatic heterocycles. The van der Waals surface area contributed by atoms with Crippen LogP contribution in [0.4, 0.5) is 0 Å². The van der Waals surface area contributed by atoms with Crippen LogP contribution in [0, 0.1) is 0 Å². The van der Waals surface area contributed by atoms with Gasteiger partial charge in [-0.3, -0.25) is 4.79 Å². The lowest BCUT2D eigenvalue weighted by molar-refractivity contribution is -0.147. The van der Waals surface area contributed by atoms with Crippen molar-refractivity contribution in [1.82, 2.24) is 9.55 Å². The first-order valence-corrected chi connectivity index (χ1v) is 6.33. The van der Waals surface area contributed by atoms with Crippen LogP contribution in [0.2, 0.25) is 0 Å². The van der Waals surface area contributed by atoms with Gasteiger partial charge in [0.15, 0.2) is 0 Å². The van der Waals surface area contributed by atoms with E-state index in [4.69, 9.17) is 4.74 Å². The van der Waals surface area contributed by atoms with Crippen molar-refractivity contribution in [2.24, 2.45) is 0 Å². The predicted molar refractivity (Wildman–Crippen MR) is 66.5 cm³/mol. The van der Waals surface area contributed by atoms with Gasteiger partial charge in [-0.2, -0.15) is 0 Å². The smallest absolute Gasteiger partial charge is 0.306 e. The third-order valence-corrected chi connectivity index (χ3v) is 2.47. The molecule has 0 aliphatic carbocycles. The lowest BCUT2D eigenvalue weighted by atomic mass is 10.1. The van der Waals surface area contributed by atoms with E-state index in [1.807, 2.05) is 26.4 Å². The molecule has 17 heavy (non-hydrogen) atoms. The summed E-state index contributed by atoms with van der Waals surface area (Å²) in [7, 11) is 0. The minimum Gasteiger partial charge on any atom is -0.463 e. The largest absolute Gasteiger partial charge is 0.463 e. The molecule has 0 radical (unpaired) electrons. The van der Waals surface area contributed by atoms with Crippen molar-refractivity contribution in [3.05, 3.63) is 18.7 Å². The van der Waals surface area contributed by atoms with E-state index in [0.29, 0.717) is 6.42 Å². The molecule has 1 rings (SSSR count). The highest BCUT2D eigenvalue weighted by molar-refractivity contribution is 5.69. The van der Waals surface area contributed by atoms with E-state index in [1.54, 1.807) is 6.20 Å².